The maximum Gasteiger partial charge on any atom is 0.258 e. The van der Waals surface area contributed by atoms with Gasteiger partial charge in [-0.05, 0) is 24.6 Å². The average Bonchev–Trinajstić information content (AvgIpc) is 2.34. The SMILES string of the molecule is C=CCNC(=O)COc1c(C)cc(Br)cc1C=O. The minimum absolute atomic E-state index is 0.128. The zero-order valence-electron chi connectivity index (χ0n) is 10.0. The van der Waals surface area contributed by atoms with Crippen molar-refractivity contribution >= 4 is 28.1 Å². The second-order valence-electron chi connectivity index (χ2n) is 3.64. The average molecular weight is 312 g/mol. The van der Waals surface area contributed by atoms with Crippen LogP contribution in [0.1, 0.15) is 15.9 Å². The van der Waals surface area contributed by atoms with E-state index in [2.05, 4.69) is 27.8 Å². The number of aryl methyl sites for hydroxylation is 1. The summed E-state index contributed by atoms with van der Waals surface area (Å²) < 4.78 is 6.17. The summed E-state index contributed by atoms with van der Waals surface area (Å²) in [4.78, 5) is 22.3. The number of ether oxygens (including phenoxy) is 1. The first-order valence-electron chi connectivity index (χ1n) is 5.34. The summed E-state index contributed by atoms with van der Waals surface area (Å²) in [6, 6.07) is 3.47. The molecule has 1 aromatic carbocycles. The van der Waals surface area contributed by atoms with Gasteiger partial charge in [0, 0.05) is 11.0 Å². The molecule has 0 aliphatic heterocycles. The minimum atomic E-state index is -0.255. The highest BCUT2D eigenvalue weighted by atomic mass is 79.9. The van der Waals surface area contributed by atoms with E-state index in [1.807, 2.05) is 13.0 Å². The van der Waals surface area contributed by atoms with Gasteiger partial charge >= 0.3 is 0 Å². The molecule has 0 radical (unpaired) electrons. The monoisotopic (exact) mass is 311 g/mol. The van der Waals surface area contributed by atoms with Gasteiger partial charge in [0.05, 0.1) is 5.56 Å². The molecule has 1 amide bonds. The van der Waals surface area contributed by atoms with Crippen molar-refractivity contribution in [2.24, 2.45) is 0 Å². The lowest BCUT2D eigenvalue weighted by atomic mass is 10.1. The number of hydrogen-bond donors (Lipinski definition) is 1. The first-order valence-corrected chi connectivity index (χ1v) is 6.13. The Balaban J connectivity index is 2.75. The predicted octanol–water partition coefficient (Wildman–Crippen LogP) is 2.25. The van der Waals surface area contributed by atoms with E-state index in [4.69, 9.17) is 4.74 Å². The molecule has 0 aliphatic rings. The molecular weight excluding hydrogens is 298 g/mol. The molecule has 1 N–H and O–H groups in total. The van der Waals surface area contributed by atoms with Crippen molar-refractivity contribution in [3.63, 3.8) is 0 Å². The van der Waals surface area contributed by atoms with Gasteiger partial charge in [0.25, 0.3) is 5.91 Å². The highest BCUT2D eigenvalue weighted by Gasteiger charge is 2.10. The van der Waals surface area contributed by atoms with Crippen LogP contribution in [-0.2, 0) is 4.79 Å². The number of carbonyl (C=O) groups is 2. The van der Waals surface area contributed by atoms with Crippen molar-refractivity contribution in [2.45, 2.75) is 6.92 Å². The maximum atomic E-state index is 11.4. The fourth-order valence-corrected chi connectivity index (χ4v) is 2.01. The van der Waals surface area contributed by atoms with Gasteiger partial charge in [-0.2, -0.15) is 0 Å². The van der Waals surface area contributed by atoms with Crippen LogP contribution in [0.5, 0.6) is 5.75 Å². The topological polar surface area (TPSA) is 55.4 Å². The quantitative estimate of drug-likeness (QED) is 0.647. The molecule has 1 aromatic rings. The van der Waals surface area contributed by atoms with Gasteiger partial charge in [-0.15, -0.1) is 6.58 Å². The Bertz CT molecular complexity index is 472. The number of benzene rings is 1. The fraction of sp³-hybridized carbons (Fsp3) is 0.231. The van der Waals surface area contributed by atoms with Crippen molar-refractivity contribution in [3.8, 4) is 5.75 Å². The van der Waals surface area contributed by atoms with Crippen LogP contribution >= 0.6 is 15.9 Å². The minimum Gasteiger partial charge on any atom is -0.483 e. The molecule has 5 heteroatoms. The molecule has 0 heterocycles. The molecule has 0 atom stereocenters. The summed E-state index contributed by atoms with van der Waals surface area (Å²) in [5, 5.41) is 2.59. The summed E-state index contributed by atoms with van der Waals surface area (Å²) in [5.74, 6) is 0.177. The molecule has 0 unspecified atom stereocenters. The van der Waals surface area contributed by atoms with Crippen LogP contribution in [0, 0.1) is 6.92 Å². The van der Waals surface area contributed by atoms with E-state index in [0.717, 1.165) is 10.0 Å². The molecule has 18 heavy (non-hydrogen) atoms. The van der Waals surface area contributed by atoms with Gasteiger partial charge in [0.15, 0.2) is 12.9 Å². The van der Waals surface area contributed by atoms with Gasteiger partial charge < -0.3 is 10.1 Å². The predicted molar refractivity (Wildman–Crippen MR) is 73.0 cm³/mol. The van der Waals surface area contributed by atoms with Crippen molar-refractivity contribution in [1.29, 1.82) is 0 Å². The first-order chi connectivity index (χ1) is 8.58. The normalized spacial score (nSPS) is 9.67. The Labute approximate surface area is 114 Å². The number of hydrogen-bond acceptors (Lipinski definition) is 3. The third-order valence-corrected chi connectivity index (χ3v) is 2.64. The number of halogens is 1. The Hall–Kier alpha value is -1.62. The lowest BCUT2D eigenvalue weighted by Crippen LogP contribution is -2.29. The maximum absolute atomic E-state index is 11.4. The van der Waals surface area contributed by atoms with E-state index in [1.54, 1.807) is 12.1 Å². The van der Waals surface area contributed by atoms with E-state index < -0.39 is 0 Å². The van der Waals surface area contributed by atoms with E-state index >= 15 is 0 Å². The van der Waals surface area contributed by atoms with Crippen LogP contribution in [0.25, 0.3) is 0 Å². The molecule has 0 bridgehead atoms. The van der Waals surface area contributed by atoms with Crippen molar-refractivity contribution in [2.75, 3.05) is 13.2 Å². The van der Waals surface area contributed by atoms with Crippen LogP contribution in [0.15, 0.2) is 29.3 Å². The zero-order chi connectivity index (χ0) is 13.5. The third kappa shape index (κ3) is 4.00. The number of nitrogens with one attached hydrogen (secondary N) is 1. The van der Waals surface area contributed by atoms with Gasteiger partial charge in [-0.3, -0.25) is 9.59 Å². The van der Waals surface area contributed by atoms with E-state index in [1.165, 1.54) is 0 Å². The van der Waals surface area contributed by atoms with Crippen LogP contribution < -0.4 is 10.1 Å². The van der Waals surface area contributed by atoms with Gasteiger partial charge in [0.2, 0.25) is 0 Å². The van der Waals surface area contributed by atoms with Crippen molar-refractivity contribution in [3.05, 3.63) is 40.4 Å². The van der Waals surface area contributed by atoms with Crippen LogP contribution in [0.4, 0.5) is 0 Å². The summed E-state index contributed by atoms with van der Waals surface area (Å²) in [6.07, 6.45) is 2.29. The van der Waals surface area contributed by atoms with E-state index in [-0.39, 0.29) is 12.5 Å². The van der Waals surface area contributed by atoms with Gasteiger partial charge in [0.1, 0.15) is 5.75 Å². The van der Waals surface area contributed by atoms with Crippen molar-refractivity contribution < 1.29 is 14.3 Å². The summed E-state index contributed by atoms with van der Waals surface area (Å²) in [5.41, 5.74) is 1.21. The fourth-order valence-electron chi connectivity index (χ4n) is 1.42. The van der Waals surface area contributed by atoms with Gasteiger partial charge in [-0.25, -0.2) is 0 Å². The lowest BCUT2D eigenvalue weighted by Gasteiger charge is -2.11. The summed E-state index contributed by atoms with van der Waals surface area (Å²) in [7, 11) is 0. The Morgan fingerprint density at radius 1 is 1.56 bits per heavy atom. The van der Waals surface area contributed by atoms with E-state index in [9.17, 15) is 9.59 Å². The standard InChI is InChI=1S/C13H14BrNO3/c1-3-4-15-12(17)8-18-13-9(2)5-11(14)6-10(13)7-16/h3,5-7H,1,4,8H2,2H3,(H,15,17). The van der Waals surface area contributed by atoms with E-state index in [0.29, 0.717) is 24.1 Å². The third-order valence-electron chi connectivity index (χ3n) is 2.19. The number of carbonyl (C=O) groups excluding carboxylic acids is 2. The molecule has 1 rings (SSSR count). The summed E-state index contributed by atoms with van der Waals surface area (Å²) in [6.45, 7) is 5.57. The Morgan fingerprint density at radius 3 is 2.89 bits per heavy atom. The number of aldehydes is 1. The molecular formula is C13H14BrNO3. The smallest absolute Gasteiger partial charge is 0.258 e. The Morgan fingerprint density at radius 2 is 2.28 bits per heavy atom. The second-order valence-corrected chi connectivity index (χ2v) is 4.56. The lowest BCUT2D eigenvalue weighted by molar-refractivity contribution is -0.122. The Kier molecular flexibility index (Phi) is 5.58. The number of rotatable bonds is 6. The molecule has 0 aliphatic carbocycles. The van der Waals surface area contributed by atoms with Gasteiger partial charge in [-0.1, -0.05) is 22.0 Å². The molecule has 0 spiro atoms. The molecule has 4 nitrogen and oxygen atoms in total. The molecule has 96 valence electrons. The molecule has 0 saturated carbocycles. The summed E-state index contributed by atoms with van der Waals surface area (Å²) >= 11 is 3.30. The molecule has 0 saturated heterocycles. The van der Waals surface area contributed by atoms with Crippen LogP contribution in [0.2, 0.25) is 0 Å². The highest BCUT2D eigenvalue weighted by molar-refractivity contribution is 9.10. The largest absolute Gasteiger partial charge is 0.483 e. The zero-order valence-corrected chi connectivity index (χ0v) is 11.6. The van der Waals surface area contributed by atoms with Crippen LogP contribution in [0.3, 0.4) is 0 Å². The first kappa shape index (κ1) is 14.4. The second kappa shape index (κ2) is 6.96. The molecule has 0 aromatic heterocycles. The highest BCUT2D eigenvalue weighted by Crippen LogP contribution is 2.26. The molecule has 0 fully saturated rings. The van der Waals surface area contributed by atoms with Crippen LogP contribution in [-0.4, -0.2) is 25.3 Å². The van der Waals surface area contributed by atoms with Crippen molar-refractivity contribution in [1.82, 2.24) is 5.32 Å². The number of amides is 1.